The lowest BCUT2D eigenvalue weighted by Gasteiger charge is -2.17. The maximum Gasteiger partial charge on any atom is 0.0616 e. The van der Waals surface area contributed by atoms with Crippen molar-refractivity contribution in [2.75, 3.05) is 0 Å². The second-order valence-electron chi connectivity index (χ2n) is 11.9. The fraction of sp³-hybridized carbons (Fsp3) is 0.0952. The molecule has 2 nitrogen and oxygen atoms in total. The first-order chi connectivity index (χ1) is 21.9. The highest BCUT2D eigenvalue weighted by Gasteiger charge is 2.22. The van der Waals surface area contributed by atoms with Gasteiger partial charge >= 0.3 is 0 Å². The van der Waals surface area contributed by atoms with Crippen molar-refractivity contribution in [2.45, 2.75) is 25.7 Å². The first-order valence-electron chi connectivity index (χ1n) is 15.7. The van der Waals surface area contributed by atoms with Crippen molar-refractivity contribution in [1.29, 1.82) is 0 Å². The molecule has 0 saturated heterocycles. The Hall–Kier alpha value is -5.34. The third kappa shape index (κ3) is 3.81. The van der Waals surface area contributed by atoms with Crippen molar-refractivity contribution >= 4 is 44.5 Å². The minimum absolute atomic E-state index is 1.04. The summed E-state index contributed by atoms with van der Waals surface area (Å²) in [4.78, 5) is 0. The molecule has 0 fully saturated rings. The zero-order valence-electron chi connectivity index (χ0n) is 24.6. The van der Waals surface area contributed by atoms with Gasteiger partial charge in [-0.05, 0) is 67.2 Å². The summed E-state index contributed by atoms with van der Waals surface area (Å²) in [6, 6.07) is 42.5. The predicted octanol–water partition coefficient (Wildman–Crippen LogP) is 11.2. The largest absolute Gasteiger partial charge is 0.312 e. The van der Waals surface area contributed by atoms with E-state index >= 15 is 0 Å². The number of rotatable bonds is 4. The standard InChI is InChI=1S/C42H32N2/c1-3-16-31(17-4-1)43-39-26-9-7-20-35(39)37-24-12-22-33(41(37)43)29-14-11-15-30(28-29)34-23-13-25-38-36-21-8-10-27-40(36)44(42(34)38)32-18-5-2-6-19-32/h1-5,7-8,10-18,20-25,27-28H,6,9,19,26H2. The van der Waals surface area contributed by atoms with Gasteiger partial charge < -0.3 is 9.13 Å². The first kappa shape index (κ1) is 25.2. The molecular weight excluding hydrogens is 532 g/mol. The van der Waals surface area contributed by atoms with E-state index in [9.17, 15) is 0 Å². The predicted molar refractivity (Wildman–Crippen MR) is 187 cm³/mol. The SMILES string of the molecule is C1=CCCC(n2c3ccccc3c3cccc(-c4cccc(-c5cccc6c7c(n(-c8ccccc8)c56)CCC=C7)c4)c32)=C1. The zero-order chi connectivity index (χ0) is 29.0. The Labute approximate surface area is 257 Å². The number of fused-ring (bicyclic) bond motifs is 6. The Morgan fingerprint density at radius 2 is 1.20 bits per heavy atom. The van der Waals surface area contributed by atoms with Gasteiger partial charge in [0.25, 0.3) is 0 Å². The molecule has 2 aromatic heterocycles. The fourth-order valence-electron chi connectivity index (χ4n) is 7.54. The van der Waals surface area contributed by atoms with E-state index in [2.05, 4.69) is 155 Å². The molecule has 0 saturated carbocycles. The van der Waals surface area contributed by atoms with Gasteiger partial charge in [0.1, 0.15) is 0 Å². The van der Waals surface area contributed by atoms with Crippen LogP contribution in [0.5, 0.6) is 0 Å². The smallest absolute Gasteiger partial charge is 0.0616 e. The van der Waals surface area contributed by atoms with Gasteiger partial charge in [0.15, 0.2) is 0 Å². The maximum atomic E-state index is 2.51. The quantitative estimate of drug-likeness (QED) is 0.201. The van der Waals surface area contributed by atoms with E-state index in [1.807, 2.05) is 0 Å². The van der Waals surface area contributed by atoms with Crippen molar-refractivity contribution in [3.05, 3.63) is 151 Å². The van der Waals surface area contributed by atoms with Crippen molar-refractivity contribution in [3.63, 3.8) is 0 Å². The van der Waals surface area contributed by atoms with Gasteiger partial charge in [-0.3, -0.25) is 0 Å². The molecule has 2 heterocycles. The third-order valence-corrected chi connectivity index (χ3v) is 9.44. The van der Waals surface area contributed by atoms with E-state index in [4.69, 9.17) is 0 Å². The molecule has 9 rings (SSSR count). The molecule has 0 amide bonds. The van der Waals surface area contributed by atoms with Crippen LogP contribution >= 0.6 is 0 Å². The zero-order valence-corrected chi connectivity index (χ0v) is 24.6. The number of nitrogens with zero attached hydrogens (tertiary/aromatic N) is 2. The molecule has 210 valence electrons. The van der Waals surface area contributed by atoms with E-state index in [1.165, 1.54) is 77.6 Å². The number of allylic oxidation sites excluding steroid dienone is 5. The molecule has 0 radical (unpaired) electrons. The van der Waals surface area contributed by atoms with E-state index in [-0.39, 0.29) is 0 Å². The first-order valence-corrected chi connectivity index (χ1v) is 15.7. The van der Waals surface area contributed by atoms with E-state index in [0.717, 1.165) is 25.7 Å². The molecule has 7 aromatic rings. The summed E-state index contributed by atoms with van der Waals surface area (Å²) in [5.41, 5.74) is 14.2. The Kier molecular flexibility index (Phi) is 5.80. The molecule has 2 aliphatic carbocycles. The van der Waals surface area contributed by atoms with Crippen LogP contribution in [-0.4, -0.2) is 9.13 Å². The van der Waals surface area contributed by atoms with Gasteiger partial charge in [-0.25, -0.2) is 0 Å². The molecule has 0 N–H and O–H groups in total. The lowest BCUT2D eigenvalue weighted by Crippen LogP contribution is -2.03. The Bertz CT molecular complexity index is 2320. The molecule has 0 atom stereocenters. The van der Waals surface area contributed by atoms with Crippen LogP contribution in [0.15, 0.2) is 140 Å². The van der Waals surface area contributed by atoms with Crippen molar-refractivity contribution in [1.82, 2.24) is 9.13 Å². The van der Waals surface area contributed by atoms with Crippen molar-refractivity contribution in [3.8, 4) is 27.9 Å². The molecular formula is C42H32N2. The van der Waals surface area contributed by atoms with Gasteiger partial charge in [-0.1, -0.05) is 115 Å². The second-order valence-corrected chi connectivity index (χ2v) is 11.9. The van der Waals surface area contributed by atoms with Crippen LogP contribution in [0, 0.1) is 0 Å². The average Bonchev–Trinajstić information content (AvgIpc) is 3.62. The summed E-state index contributed by atoms with van der Waals surface area (Å²) < 4.78 is 5.02. The molecule has 0 unspecified atom stereocenters. The van der Waals surface area contributed by atoms with Gasteiger partial charge in [0.05, 0.1) is 16.6 Å². The molecule has 5 aromatic carbocycles. The van der Waals surface area contributed by atoms with Crippen molar-refractivity contribution in [2.24, 2.45) is 0 Å². The number of aromatic nitrogens is 2. The van der Waals surface area contributed by atoms with Gasteiger partial charge in [0.2, 0.25) is 0 Å². The second kappa shape index (κ2) is 10.1. The highest BCUT2D eigenvalue weighted by atomic mass is 15.0. The van der Waals surface area contributed by atoms with E-state index < -0.39 is 0 Å². The van der Waals surface area contributed by atoms with Crippen LogP contribution in [0.25, 0.3) is 72.4 Å². The van der Waals surface area contributed by atoms with E-state index in [0.29, 0.717) is 0 Å². The summed E-state index contributed by atoms with van der Waals surface area (Å²) >= 11 is 0. The minimum Gasteiger partial charge on any atom is -0.312 e. The number of hydrogen-bond donors (Lipinski definition) is 0. The Morgan fingerprint density at radius 3 is 2.00 bits per heavy atom. The van der Waals surface area contributed by atoms with Crippen LogP contribution in [0.3, 0.4) is 0 Å². The van der Waals surface area contributed by atoms with E-state index in [1.54, 1.807) is 0 Å². The van der Waals surface area contributed by atoms with Gasteiger partial charge in [-0.15, -0.1) is 0 Å². The molecule has 2 aliphatic rings. The fourth-order valence-corrected chi connectivity index (χ4v) is 7.54. The number of benzene rings is 5. The summed E-state index contributed by atoms with van der Waals surface area (Å²) in [6.45, 7) is 0. The van der Waals surface area contributed by atoms with Gasteiger partial charge in [0, 0.05) is 49.9 Å². The Morgan fingerprint density at radius 1 is 0.523 bits per heavy atom. The third-order valence-electron chi connectivity index (χ3n) is 9.44. The summed E-state index contributed by atoms with van der Waals surface area (Å²) in [5.74, 6) is 0. The molecule has 2 heteroatoms. The van der Waals surface area contributed by atoms with Crippen LogP contribution < -0.4 is 0 Å². The number of hydrogen-bond acceptors (Lipinski definition) is 0. The molecule has 0 bridgehead atoms. The molecule has 44 heavy (non-hydrogen) atoms. The highest BCUT2D eigenvalue weighted by molar-refractivity contribution is 6.14. The minimum atomic E-state index is 1.04. The maximum absolute atomic E-state index is 2.51. The summed E-state index contributed by atoms with van der Waals surface area (Å²) in [5, 5.41) is 3.93. The average molecular weight is 565 g/mol. The Balaban J connectivity index is 1.30. The van der Waals surface area contributed by atoms with Crippen LogP contribution in [0.1, 0.15) is 30.5 Å². The topological polar surface area (TPSA) is 9.86 Å². The lowest BCUT2D eigenvalue weighted by molar-refractivity contribution is 0.889. The van der Waals surface area contributed by atoms with Crippen LogP contribution in [0.4, 0.5) is 0 Å². The summed E-state index contributed by atoms with van der Waals surface area (Å²) in [6.07, 6.45) is 15.6. The monoisotopic (exact) mass is 564 g/mol. The van der Waals surface area contributed by atoms with Crippen molar-refractivity contribution < 1.29 is 0 Å². The van der Waals surface area contributed by atoms with Crippen LogP contribution in [0.2, 0.25) is 0 Å². The summed E-state index contributed by atoms with van der Waals surface area (Å²) in [7, 11) is 0. The molecule has 0 aliphatic heterocycles. The highest BCUT2D eigenvalue weighted by Crippen LogP contribution is 2.42. The normalized spacial score (nSPS) is 14.4. The molecule has 0 spiro atoms. The van der Waals surface area contributed by atoms with Crippen LogP contribution in [-0.2, 0) is 6.42 Å². The number of para-hydroxylation sites is 4. The van der Waals surface area contributed by atoms with Gasteiger partial charge in [-0.2, -0.15) is 0 Å². The lowest BCUT2D eigenvalue weighted by atomic mass is 9.95.